The van der Waals surface area contributed by atoms with Gasteiger partial charge < -0.3 is 4.90 Å². The highest BCUT2D eigenvalue weighted by Gasteiger charge is 2.31. The van der Waals surface area contributed by atoms with Crippen LogP contribution < -0.4 is 0 Å². The van der Waals surface area contributed by atoms with Crippen molar-refractivity contribution in [3.8, 4) is 0 Å². The van der Waals surface area contributed by atoms with Crippen molar-refractivity contribution >= 4 is 41.7 Å². The summed E-state index contributed by atoms with van der Waals surface area (Å²) in [4.78, 5) is 41.7. The minimum absolute atomic E-state index is 0.0200. The third kappa shape index (κ3) is 4.58. The van der Waals surface area contributed by atoms with E-state index in [1.54, 1.807) is 14.0 Å². The number of urea groups is 1. The van der Waals surface area contributed by atoms with Crippen molar-refractivity contribution in [1.29, 1.82) is 0 Å². The Kier molecular flexibility index (Phi) is 6.81. The highest BCUT2D eigenvalue weighted by Crippen LogP contribution is 2.53. The molecule has 1 heterocycles. The van der Waals surface area contributed by atoms with Crippen LogP contribution in [0.4, 0.5) is 4.79 Å². The lowest BCUT2D eigenvalue weighted by Gasteiger charge is -2.25. The van der Waals surface area contributed by atoms with Crippen LogP contribution in [0.15, 0.2) is 37.8 Å². The average molecular weight is 407 g/mol. The van der Waals surface area contributed by atoms with E-state index >= 15 is 0 Å². The van der Waals surface area contributed by atoms with Gasteiger partial charge in [-0.05, 0) is 37.0 Å². The van der Waals surface area contributed by atoms with Crippen LogP contribution in [0.25, 0.3) is 0 Å². The number of imide groups is 1. The molecule has 0 unspecified atom stereocenters. The Morgan fingerprint density at radius 1 is 1.07 bits per heavy atom. The molecule has 1 aromatic rings. The fourth-order valence-corrected chi connectivity index (χ4v) is 5.00. The van der Waals surface area contributed by atoms with Crippen LogP contribution in [-0.4, -0.2) is 48.2 Å². The molecule has 0 N–H and O–H groups in total. The Balaban J connectivity index is 2.35. The van der Waals surface area contributed by atoms with E-state index in [0.717, 1.165) is 14.7 Å². The number of fused-ring (bicyclic) bond motifs is 1. The number of aldehydes is 1. The molecule has 0 saturated carbocycles. The van der Waals surface area contributed by atoms with E-state index in [0.29, 0.717) is 17.1 Å². The third-order valence-corrected chi connectivity index (χ3v) is 6.95. The molecule has 146 valence electrons. The molecule has 27 heavy (non-hydrogen) atoms. The maximum absolute atomic E-state index is 12.9. The standard InChI is InChI=1S/C20H26N2O3S2/c1-7-21(6)19(25)22(8-2)17(24)14(12-23)18-26-15-10-9-13(20(3,4)5)11-16(15)27-18/h9-12H,7-8H2,1-6H3/b18-14+. The number of hydrogen-bond donors (Lipinski definition) is 0. The normalized spacial score (nSPS) is 15.2. The van der Waals surface area contributed by atoms with Gasteiger partial charge >= 0.3 is 6.03 Å². The minimum Gasteiger partial charge on any atom is -0.328 e. The summed E-state index contributed by atoms with van der Waals surface area (Å²) in [6, 6.07) is 5.82. The predicted molar refractivity (Wildman–Crippen MR) is 111 cm³/mol. The Hall–Kier alpha value is -1.73. The highest BCUT2D eigenvalue weighted by molar-refractivity contribution is 8.24. The molecular weight excluding hydrogens is 380 g/mol. The van der Waals surface area contributed by atoms with Gasteiger partial charge in [0.1, 0.15) is 5.57 Å². The average Bonchev–Trinajstić information content (AvgIpc) is 3.04. The summed E-state index contributed by atoms with van der Waals surface area (Å²) in [6.07, 6.45) is 0.566. The number of thioether (sulfide) groups is 2. The second kappa shape index (κ2) is 8.52. The van der Waals surface area contributed by atoms with Crippen molar-refractivity contribution in [2.24, 2.45) is 0 Å². The third-order valence-electron chi connectivity index (χ3n) is 4.38. The first-order valence-electron chi connectivity index (χ1n) is 8.90. The zero-order chi connectivity index (χ0) is 20.4. The van der Waals surface area contributed by atoms with E-state index in [9.17, 15) is 14.4 Å². The molecule has 0 aliphatic carbocycles. The maximum Gasteiger partial charge on any atom is 0.326 e. The van der Waals surface area contributed by atoms with E-state index in [-0.39, 0.29) is 17.5 Å². The van der Waals surface area contributed by atoms with Gasteiger partial charge in [0.15, 0.2) is 6.29 Å². The molecule has 1 aliphatic rings. The van der Waals surface area contributed by atoms with Crippen molar-refractivity contribution in [2.75, 3.05) is 20.1 Å². The molecule has 0 atom stereocenters. The number of carbonyl (C=O) groups excluding carboxylic acids is 3. The van der Waals surface area contributed by atoms with Gasteiger partial charge in [-0.3, -0.25) is 14.5 Å². The number of amides is 3. The van der Waals surface area contributed by atoms with Gasteiger partial charge in [0.2, 0.25) is 0 Å². The van der Waals surface area contributed by atoms with Crippen LogP contribution in [0.3, 0.4) is 0 Å². The Bertz CT molecular complexity index is 797. The number of rotatable bonds is 4. The first-order chi connectivity index (χ1) is 12.6. The van der Waals surface area contributed by atoms with Gasteiger partial charge in [-0.2, -0.15) is 0 Å². The van der Waals surface area contributed by atoms with Crippen LogP contribution in [0.5, 0.6) is 0 Å². The van der Waals surface area contributed by atoms with E-state index in [1.165, 1.54) is 34.0 Å². The van der Waals surface area contributed by atoms with E-state index in [1.807, 2.05) is 13.0 Å². The van der Waals surface area contributed by atoms with E-state index in [2.05, 4.69) is 32.9 Å². The first kappa shape index (κ1) is 21.6. The lowest BCUT2D eigenvalue weighted by molar-refractivity contribution is -0.125. The number of likely N-dealkylation sites (N-methyl/N-ethyl adjacent to an activating group) is 1. The van der Waals surface area contributed by atoms with Gasteiger partial charge in [0.05, 0.1) is 4.24 Å². The summed E-state index contributed by atoms with van der Waals surface area (Å²) in [7, 11) is 1.63. The van der Waals surface area contributed by atoms with Crippen molar-refractivity contribution in [1.82, 2.24) is 9.80 Å². The summed E-state index contributed by atoms with van der Waals surface area (Å²) < 4.78 is 0.626. The first-order valence-corrected chi connectivity index (χ1v) is 10.5. The second-order valence-electron chi connectivity index (χ2n) is 7.28. The van der Waals surface area contributed by atoms with Gasteiger partial charge in [-0.15, -0.1) is 0 Å². The minimum atomic E-state index is -0.545. The quantitative estimate of drug-likeness (QED) is 0.319. The molecule has 0 radical (unpaired) electrons. The monoisotopic (exact) mass is 406 g/mol. The topological polar surface area (TPSA) is 57.7 Å². The molecule has 0 spiro atoms. The van der Waals surface area contributed by atoms with Crippen LogP contribution in [0.1, 0.15) is 40.2 Å². The Morgan fingerprint density at radius 3 is 2.22 bits per heavy atom. The van der Waals surface area contributed by atoms with Gasteiger partial charge in [0, 0.05) is 29.9 Å². The predicted octanol–water partition coefficient (Wildman–Crippen LogP) is 4.51. The number of benzene rings is 1. The SMILES string of the molecule is CCN(C)C(=O)N(CC)C(=O)/C(C=O)=C1\Sc2ccc(C(C)(C)C)cc2S1. The molecule has 1 aromatic carbocycles. The fourth-order valence-electron chi connectivity index (χ4n) is 2.51. The molecule has 0 fully saturated rings. The summed E-state index contributed by atoms with van der Waals surface area (Å²) in [5.74, 6) is -0.545. The summed E-state index contributed by atoms with van der Waals surface area (Å²) in [5.41, 5.74) is 1.26. The number of nitrogens with zero attached hydrogens (tertiary/aromatic N) is 2. The molecule has 0 saturated heterocycles. The molecule has 7 heteroatoms. The maximum atomic E-state index is 12.9. The molecule has 2 rings (SSSR count). The lowest BCUT2D eigenvalue weighted by atomic mass is 9.87. The second-order valence-corrected chi connectivity index (χ2v) is 9.64. The summed E-state index contributed by atoms with van der Waals surface area (Å²) >= 11 is 2.83. The highest BCUT2D eigenvalue weighted by atomic mass is 32.2. The molecular formula is C20H26N2O3S2. The summed E-state index contributed by atoms with van der Waals surface area (Å²) in [5, 5.41) is 0. The van der Waals surface area contributed by atoms with Crippen LogP contribution in [0, 0.1) is 0 Å². The van der Waals surface area contributed by atoms with Crippen LogP contribution in [0.2, 0.25) is 0 Å². The van der Waals surface area contributed by atoms with Gasteiger partial charge in [0.25, 0.3) is 5.91 Å². The smallest absolute Gasteiger partial charge is 0.326 e. The Labute approximate surface area is 169 Å². The fraction of sp³-hybridized carbons (Fsp3) is 0.450. The van der Waals surface area contributed by atoms with Crippen molar-refractivity contribution in [2.45, 2.75) is 49.8 Å². The van der Waals surface area contributed by atoms with Crippen molar-refractivity contribution < 1.29 is 14.4 Å². The zero-order valence-corrected chi connectivity index (χ0v) is 18.3. The number of hydrogen-bond acceptors (Lipinski definition) is 5. The molecule has 1 aliphatic heterocycles. The lowest BCUT2D eigenvalue weighted by Crippen LogP contribution is -2.45. The van der Waals surface area contributed by atoms with E-state index in [4.69, 9.17) is 0 Å². The molecule has 5 nitrogen and oxygen atoms in total. The zero-order valence-electron chi connectivity index (χ0n) is 16.7. The van der Waals surface area contributed by atoms with Crippen LogP contribution >= 0.6 is 23.5 Å². The van der Waals surface area contributed by atoms with Gasteiger partial charge in [-0.1, -0.05) is 50.4 Å². The van der Waals surface area contributed by atoms with Crippen molar-refractivity contribution in [3.63, 3.8) is 0 Å². The Morgan fingerprint density at radius 2 is 1.70 bits per heavy atom. The van der Waals surface area contributed by atoms with Crippen LogP contribution in [-0.2, 0) is 15.0 Å². The summed E-state index contributed by atoms with van der Waals surface area (Å²) in [6.45, 7) is 10.7. The molecule has 0 bridgehead atoms. The van der Waals surface area contributed by atoms with Gasteiger partial charge in [-0.25, -0.2) is 4.79 Å². The van der Waals surface area contributed by atoms with E-state index < -0.39 is 11.9 Å². The molecule has 0 aromatic heterocycles. The van der Waals surface area contributed by atoms with Crippen molar-refractivity contribution in [3.05, 3.63) is 33.6 Å². The largest absolute Gasteiger partial charge is 0.328 e. The molecule has 3 amide bonds. The number of carbonyl (C=O) groups is 3.